The second-order valence-corrected chi connectivity index (χ2v) is 14.3. The molecule has 2 heterocycles. The number of nitriles is 4. The van der Waals surface area contributed by atoms with Crippen LogP contribution in [0, 0.1) is 51.1 Å². The molecule has 0 fully saturated rings. The summed E-state index contributed by atoms with van der Waals surface area (Å²) in [5.74, 6) is -0.593. The minimum atomic E-state index is -0.593. The molecule has 0 atom stereocenters. The highest BCUT2D eigenvalue weighted by molar-refractivity contribution is 6.13. The Morgan fingerprint density at radius 3 is 1.31 bits per heavy atom. The Labute approximate surface area is 337 Å². The van der Waals surface area contributed by atoms with E-state index in [1.54, 1.807) is 36.4 Å². The van der Waals surface area contributed by atoms with Gasteiger partial charge in [-0.05, 0) is 89.0 Å². The summed E-state index contributed by atoms with van der Waals surface area (Å²) in [6.07, 6.45) is 0. The van der Waals surface area contributed by atoms with E-state index in [4.69, 9.17) is 0 Å². The number of hydrogen-bond acceptors (Lipinski definition) is 4. The summed E-state index contributed by atoms with van der Waals surface area (Å²) in [5, 5.41) is 44.4. The van der Waals surface area contributed by atoms with Crippen molar-refractivity contribution in [2.45, 2.75) is 0 Å². The van der Waals surface area contributed by atoms with Crippen LogP contribution in [0.3, 0.4) is 0 Å². The van der Waals surface area contributed by atoms with Crippen molar-refractivity contribution in [2.75, 3.05) is 0 Å². The zero-order valence-corrected chi connectivity index (χ0v) is 31.1. The third-order valence-corrected chi connectivity index (χ3v) is 11.1. The Morgan fingerprint density at radius 2 is 0.831 bits per heavy atom. The fourth-order valence-corrected chi connectivity index (χ4v) is 8.55. The van der Waals surface area contributed by atoms with Gasteiger partial charge < -0.3 is 9.13 Å². The zero-order chi connectivity index (χ0) is 40.2. The van der Waals surface area contributed by atoms with E-state index in [0.717, 1.165) is 65.9 Å². The van der Waals surface area contributed by atoms with E-state index in [0.29, 0.717) is 33.6 Å². The van der Waals surface area contributed by atoms with Crippen LogP contribution >= 0.6 is 0 Å². The molecule has 10 aromatic rings. The van der Waals surface area contributed by atoms with Crippen LogP contribution in [0.25, 0.3) is 88.4 Å². The molecule has 59 heavy (non-hydrogen) atoms. The van der Waals surface area contributed by atoms with E-state index in [9.17, 15) is 21.0 Å². The SMILES string of the molecule is N#Cc1ccc(-c2c(-n3c4ccccc4c4ccc(-c5ccccc5C#N)cc43)cc(C#N)cc2-n2c3ccccc3c3ccc(-c4ccccc4C#N)cc32)c(F)c1. The smallest absolute Gasteiger partial charge is 0.132 e. The lowest BCUT2D eigenvalue weighted by Crippen LogP contribution is -2.06. The first-order valence-corrected chi connectivity index (χ1v) is 18.9. The minimum Gasteiger partial charge on any atom is -0.308 e. The van der Waals surface area contributed by atoms with Crippen molar-refractivity contribution < 1.29 is 4.39 Å². The van der Waals surface area contributed by atoms with Crippen LogP contribution in [-0.2, 0) is 0 Å². The lowest BCUT2D eigenvalue weighted by Gasteiger charge is -2.21. The highest BCUT2D eigenvalue weighted by atomic mass is 19.1. The molecule has 10 rings (SSSR count). The summed E-state index contributed by atoms with van der Waals surface area (Å²) in [7, 11) is 0. The molecule has 6 nitrogen and oxygen atoms in total. The molecule has 0 aliphatic carbocycles. The Morgan fingerprint density at radius 1 is 0.373 bits per heavy atom. The molecule has 0 aliphatic rings. The van der Waals surface area contributed by atoms with Crippen LogP contribution in [-0.4, -0.2) is 9.13 Å². The minimum absolute atomic E-state index is 0.179. The van der Waals surface area contributed by atoms with Gasteiger partial charge in [0.15, 0.2) is 0 Å². The monoisotopic (exact) mass is 754 g/mol. The van der Waals surface area contributed by atoms with Gasteiger partial charge in [0.25, 0.3) is 0 Å². The number of benzene rings is 8. The van der Waals surface area contributed by atoms with Gasteiger partial charge in [0.05, 0.1) is 80.0 Å². The maximum atomic E-state index is 16.8. The van der Waals surface area contributed by atoms with Crippen molar-refractivity contribution in [2.24, 2.45) is 0 Å². The molecule has 2 aromatic heterocycles. The van der Waals surface area contributed by atoms with Gasteiger partial charge in [0.1, 0.15) is 5.82 Å². The summed E-state index contributed by atoms with van der Waals surface area (Å²) < 4.78 is 21.0. The maximum Gasteiger partial charge on any atom is 0.132 e. The van der Waals surface area contributed by atoms with Gasteiger partial charge in [0, 0.05) is 32.7 Å². The van der Waals surface area contributed by atoms with E-state index in [1.165, 1.54) is 6.07 Å². The number of rotatable bonds is 5. The van der Waals surface area contributed by atoms with Gasteiger partial charge in [-0.2, -0.15) is 21.0 Å². The van der Waals surface area contributed by atoms with Crippen molar-refractivity contribution in [1.29, 1.82) is 21.0 Å². The van der Waals surface area contributed by atoms with Crippen molar-refractivity contribution in [3.8, 4) is 69.0 Å². The van der Waals surface area contributed by atoms with Crippen molar-refractivity contribution in [1.82, 2.24) is 9.13 Å². The van der Waals surface area contributed by atoms with E-state index in [1.807, 2.05) is 121 Å². The normalized spacial score (nSPS) is 11.1. The molecule has 0 spiro atoms. The predicted molar refractivity (Wildman–Crippen MR) is 230 cm³/mol. The second-order valence-electron chi connectivity index (χ2n) is 14.3. The summed E-state index contributed by atoms with van der Waals surface area (Å²) in [4.78, 5) is 0. The fraction of sp³-hybridized carbons (Fsp3) is 0. The highest BCUT2D eigenvalue weighted by Crippen LogP contribution is 2.45. The Bertz CT molecular complexity index is 3380. The molecular weight excluding hydrogens is 728 g/mol. The number of hydrogen-bond donors (Lipinski definition) is 0. The van der Waals surface area contributed by atoms with Crippen LogP contribution in [0.2, 0.25) is 0 Å². The summed E-state index contributed by atoms with van der Waals surface area (Å²) in [6, 6.07) is 60.2. The summed E-state index contributed by atoms with van der Waals surface area (Å²) in [6.45, 7) is 0. The molecule has 0 radical (unpaired) electrons. The van der Waals surface area contributed by atoms with Crippen molar-refractivity contribution in [3.63, 3.8) is 0 Å². The first-order chi connectivity index (χ1) is 29.0. The van der Waals surface area contributed by atoms with Crippen LogP contribution in [0.4, 0.5) is 4.39 Å². The second kappa shape index (κ2) is 13.8. The van der Waals surface area contributed by atoms with E-state index >= 15 is 4.39 Å². The van der Waals surface area contributed by atoms with Gasteiger partial charge in [-0.3, -0.25) is 0 Å². The molecule has 0 bridgehead atoms. The quantitative estimate of drug-likeness (QED) is 0.174. The van der Waals surface area contributed by atoms with Gasteiger partial charge >= 0.3 is 0 Å². The summed E-state index contributed by atoms with van der Waals surface area (Å²) >= 11 is 0. The average Bonchev–Trinajstić information content (AvgIpc) is 3.80. The molecule has 7 heteroatoms. The number of halogens is 1. The van der Waals surface area contributed by atoms with Crippen LogP contribution in [0.5, 0.6) is 0 Å². The molecule has 0 saturated carbocycles. The molecule has 0 aliphatic heterocycles. The molecule has 0 amide bonds. The molecule has 272 valence electrons. The number of fused-ring (bicyclic) bond motifs is 6. The predicted octanol–water partition coefficient (Wildman–Crippen LogP) is 12.5. The fourth-order valence-electron chi connectivity index (χ4n) is 8.55. The largest absolute Gasteiger partial charge is 0.308 e. The molecule has 0 unspecified atom stereocenters. The third kappa shape index (κ3) is 5.43. The first kappa shape index (κ1) is 34.7. The van der Waals surface area contributed by atoms with Crippen molar-refractivity contribution in [3.05, 3.63) is 192 Å². The van der Waals surface area contributed by atoms with E-state index in [-0.39, 0.29) is 11.1 Å². The molecule has 8 aromatic carbocycles. The lowest BCUT2D eigenvalue weighted by atomic mass is 9.96. The van der Waals surface area contributed by atoms with Gasteiger partial charge in [-0.25, -0.2) is 4.39 Å². The van der Waals surface area contributed by atoms with Crippen LogP contribution in [0.1, 0.15) is 22.3 Å². The number of aromatic nitrogens is 2. The standard InChI is InChI=1S/C52H27FN6/c53-45-23-32(28-54)17-20-44(45)52-50(58-46-15-7-5-13-40(46)42-21-18-34(26-48(42)58)38-11-3-1-9-36(38)30-56)24-33(29-55)25-51(52)59-47-16-8-6-14-41(47)43-22-19-35(27-49(43)59)39-12-4-2-10-37(39)31-57/h1-27H. The van der Waals surface area contributed by atoms with Gasteiger partial charge in [0.2, 0.25) is 0 Å². The lowest BCUT2D eigenvalue weighted by molar-refractivity contribution is 0.630. The Hall–Kier alpha value is -8.75. The van der Waals surface area contributed by atoms with E-state index < -0.39 is 5.82 Å². The average molecular weight is 755 g/mol. The molecule has 0 N–H and O–H groups in total. The number of nitrogens with zero attached hydrogens (tertiary/aromatic N) is 6. The topological polar surface area (TPSA) is 105 Å². The van der Waals surface area contributed by atoms with Gasteiger partial charge in [-0.1, -0.05) is 97.1 Å². The maximum absolute atomic E-state index is 16.8. The zero-order valence-electron chi connectivity index (χ0n) is 31.1. The number of para-hydroxylation sites is 2. The Balaban J connectivity index is 1.38. The third-order valence-electron chi connectivity index (χ3n) is 11.1. The van der Waals surface area contributed by atoms with Crippen LogP contribution < -0.4 is 0 Å². The van der Waals surface area contributed by atoms with Gasteiger partial charge in [-0.15, -0.1) is 0 Å². The summed E-state index contributed by atoms with van der Waals surface area (Å²) in [5.41, 5.74) is 9.92. The highest BCUT2D eigenvalue weighted by Gasteiger charge is 2.25. The molecular formula is C52H27FN6. The van der Waals surface area contributed by atoms with Crippen LogP contribution in [0.15, 0.2) is 164 Å². The van der Waals surface area contributed by atoms with Crippen molar-refractivity contribution >= 4 is 43.6 Å². The molecule has 0 saturated heterocycles. The van der Waals surface area contributed by atoms with E-state index in [2.05, 4.69) is 33.4 Å². The Kier molecular flexibility index (Phi) is 8.10. The first-order valence-electron chi connectivity index (χ1n) is 18.9.